The summed E-state index contributed by atoms with van der Waals surface area (Å²) >= 11 is 6.00. The SMILES string of the molecule is CCNC(=O)[C@@H](CC)N(Cc1ccc(OC)cc1)C(=O)CN(c1ccccc1C)S(=O)(=O)c1ccc(Cl)cc1. The number of ether oxygens (including phenoxy) is 1. The smallest absolute Gasteiger partial charge is 0.264 e. The number of carbonyl (C=O) groups excluding carboxylic acids is 2. The van der Waals surface area contributed by atoms with Gasteiger partial charge in [0.25, 0.3) is 10.0 Å². The van der Waals surface area contributed by atoms with Gasteiger partial charge >= 0.3 is 0 Å². The van der Waals surface area contributed by atoms with Gasteiger partial charge in [-0.1, -0.05) is 48.9 Å². The summed E-state index contributed by atoms with van der Waals surface area (Å²) in [6.07, 6.45) is 0.349. The third kappa shape index (κ3) is 7.30. The number of halogens is 1. The number of likely N-dealkylation sites (N-methyl/N-ethyl adjacent to an activating group) is 1. The molecule has 0 fully saturated rings. The third-order valence-electron chi connectivity index (χ3n) is 6.31. The normalized spacial score (nSPS) is 11.9. The van der Waals surface area contributed by atoms with Gasteiger partial charge in [-0.15, -0.1) is 0 Å². The second-order valence-electron chi connectivity index (χ2n) is 8.94. The number of methoxy groups -OCH3 is 1. The average molecular weight is 572 g/mol. The fourth-order valence-corrected chi connectivity index (χ4v) is 5.83. The van der Waals surface area contributed by atoms with Crippen LogP contribution in [0.4, 0.5) is 5.69 Å². The molecule has 0 heterocycles. The maximum absolute atomic E-state index is 14.0. The van der Waals surface area contributed by atoms with Crippen LogP contribution in [0, 0.1) is 6.92 Å². The molecule has 39 heavy (non-hydrogen) atoms. The Balaban J connectivity index is 2.06. The summed E-state index contributed by atoms with van der Waals surface area (Å²) in [4.78, 5) is 28.4. The van der Waals surface area contributed by atoms with Crippen LogP contribution in [0.25, 0.3) is 0 Å². The number of sulfonamides is 1. The number of aryl methyl sites for hydroxylation is 1. The second-order valence-corrected chi connectivity index (χ2v) is 11.2. The predicted molar refractivity (Wildman–Crippen MR) is 153 cm³/mol. The Hall–Kier alpha value is -3.56. The molecule has 0 saturated carbocycles. The summed E-state index contributed by atoms with van der Waals surface area (Å²) in [6, 6.07) is 19.1. The van der Waals surface area contributed by atoms with Gasteiger partial charge in [0.2, 0.25) is 11.8 Å². The predicted octanol–water partition coefficient (Wildman–Crippen LogP) is 4.80. The summed E-state index contributed by atoms with van der Waals surface area (Å²) in [5, 5.41) is 3.19. The van der Waals surface area contributed by atoms with E-state index in [0.717, 1.165) is 9.87 Å². The number of nitrogens with one attached hydrogen (secondary N) is 1. The largest absolute Gasteiger partial charge is 0.497 e. The number of para-hydroxylation sites is 1. The van der Waals surface area contributed by atoms with E-state index in [1.807, 2.05) is 19.1 Å². The highest BCUT2D eigenvalue weighted by atomic mass is 35.5. The van der Waals surface area contributed by atoms with Crippen LogP contribution in [0.5, 0.6) is 5.75 Å². The molecule has 0 aromatic heterocycles. The number of nitrogens with zero attached hydrogens (tertiary/aromatic N) is 2. The average Bonchev–Trinajstić information content (AvgIpc) is 2.92. The van der Waals surface area contributed by atoms with Crippen molar-refractivity contribution in [3.8, 4) is 5.75 Å². The van der Waals surface area contributed by atoms with Gasteiger partial charge in [0.05, 0.1) is 17.7 Å². The Morgan fingerprint density at radius 3 is 2.18 bits per heavy atom. The lowest BCUT2D eigenvalue weighted by Gasteiger charge is -2.33. The van der Waals surface area contributed by atoms with E-state index in [9.17, 15) is 18.0 Å². The van der Waals surface area contributed by atoms with Crippen LogP contribution in [-0.4, -0.2) is 51.4 Å². The number of hydrogen-bond donors (Lipinski definition) is 1. The quantitative estimate of drug-likeness (QED) is 0.337. The molecular formula is C29H34ClN3O5S. The minimum absolute atomic E-state index is 0.000394. The third-order valence-corrected chi connectivity index (χ3v) is 8.34. The first-order valence-electron chi connectivity index (χ1n) is 12.7. The van der Waals surface area contributed by atoms with Crippen molar-refractivity contribution >= 4 is 39.1 Å². The molecule has 0 aliphatic heterocycles. The van der Waals surface area contributed by atoms with Gasteiger partial charge < -0.3 is 15.0 Å². The van der Waals surface area contributed by atoms with Crippen LogP contribution in [0.1, 0.15) is 31.4 Å². The van der Waals surface area contributed by atoms with Gasteiger partial charge in [0, 0.05) is 18.1 Å². The molecule has 3 rings (SSSR count). The molecular weight excluding hydrogens is 538 g/mol. The van der Waals surface area contributed by atoms with Crippen LogP contribution in [0.2, 0.25) is 5.02 Å². The van der Waals surface area contributed by atoms with E-state index in [1.165, 1.54) is 29.2 Å². The maximum Gasteiger partial charge on any atom is 0.264 e. The maximum atomic E-state index is 14.0. The number of amides is 2. The Morgan fingerprint density at radius 2 is 1.62 bits per heavy atom. The molecule has 0 bridgehead atoms. The van der Waals surface area contributed by atoms with E-state index >= 15 is 0 Å². The molecule has 0 spiro atoms. The summed E-state index contributed by atoms with van der Waals surface area (Å²) in [7, 11) is -2.59. The molecule has 2 amide bonds. The topological polar surface area (TPSA) is 96.0 Å². The second kappa shape index (κ2) is 13.5. The van der Waals surface area contributed by atoms with E-state index < -0.39 is 28.5 Å². The molecule has 1 atom stereocenters. The van der Waals surface area contributed by atoms with E-state index in [2.05, 4.69) is 5.32 Å². The highest BCUT2D eigenvalue weighted by Gasteiger charge is 2.34. The lowest BCUT2D eigenvalue weighted by atomic mass is 10.1. The summed E-state index contributed by atoms with van der Waals surface area (Å²) in [5.41, 5.74) is 1.83. The highest BCUT2D eigenvalue weighted by Crippen LogP contribution is 2.28. The lowest BCUT2D eigenvalue weighted by Crippen LogP contribution is -2.52. The van der Waals surface area contributed by atoms with Gasteiger partial charge in [0.1, 0.15) is 18.3 Å². The summed E-state index contributed by atoms with van der Waals surface area (Å²) in [6.45, 7) is 5.42. The van der Waals surface area contributed by atoms with Gasteiger partial charge in [-0.3, -0.25) is 13.9 Å². The molecule has 0 radical (unpaired) electrons. The monoisotopic (exact) mass is 571 g/mol. The van der Waals surface area contributed by atoms with E-state index in [0.29, 0.717) is 35.0 Å². The van der Waals surface area contributed by atoms with Gasteiger partial charge in [-0.05, 0) is 73.9 Å². The first kappa shape index (κ1) is 30.0. The Morgan fingerprint density at radius 1 is 0.974 bits per heavy atom. The van der Waals surface area contributed by atoms with Crippen LogP contribution >= 0.6 is 11.6 Å². The van der Waals surface area contributed by atoms with E-state index in [-0.39, 0.29) is 17.3 Å². The zero-order chi connectivity index (χ0) is 28.6. The van der Waals surface area contributed by atoms with Crippen LogP contribution < -0.4 is 14.4 Å². The molecule has 3 aromatic rings. The first-order valence-corrected chi connectivity index (χ1v) is 14.5. The fraction of sp³-hybridized carbons (Fsp3) is 0.310. The van der Waals surface area contributed by atoms with E-state index in [4.69, 9.17) is 16.3 Å². The molecule has 10 heteroatoms. The van der Waals surface area contributed by atoms with Gasteiger partial charge in [-0.2, -0.15) is 0 Å². The van der Waals surface area contributed by atoms with Gasteiger partial charge in [-0.25, -0.2) is 8.42 Å². The molecule has 0 aliphatic carbocycles. The van der Waals surface area contributed by atoms with Crippen molar-refractivity contribution < 1.29 is 22.7 Å². The molecule has 8 nitrogen and oxygen atoms in total. The first-order chi connectivity index (χ1) is 18.6. The number of benzene rings is 3. The van der Waals surface area contributed by atoms with Crippen LogP contribution in [0.3, 0.4) is 0 Å². The molecule has 0 unspecified atom stereocenters. The van der Waals surface area contributed by atoms with Crippen molar-refractivity contribution in [3.05, 3.63) is 88.9 Å². The van der Waals surface area contributed by atoms with Crippen LogP contribution in [0.15, 0.2) is 77.7 Å². The summed E-state index contributed by atoms with van der Waals surface area (Å²) in [5.74, 6) is -0.151. The van der Waals surface area contributed by atoms with Crippen molar-refractivity contribution in [2.24, 2.45) is 0 Å². The Labute approximate surface area is 235 Å². The van der Waals surface area contributed by atoms with Gasteiger partial charge in [0.15, 0.2) is 0 Å². The zero-order valence-electron chi connectivity index (χ0n) is 22.6. The molecule has 208 valence electrons. The number of rotatable bonds is 12. The minimum Gasteiger partial charge on any atom is -0.497 e. The fourth-order valence-electron chi connectivity index (χ4n) is 4.23. The highest BCUT2D eigenvalue weighted by molar-refractivity contribution is 7.92. The Bertz CT molecular complexity index is 1380. The van der Waals surface area contributed by atoms with Crippen molar-refractivity contribution in [2.45, 2.75) is 44.7 Å². The van der Waals surface area contributed by atoms with Crippen LogP contribution in [-0.2, 0) is 26.2 Å². The molecule has 1 N–H and O–H groups in total. The number of carbonyl (C=O) groups is 2. The van der Waals surface area contributed by atoms with Crippen molar-refractivity contribution in [1.82, 2.24) is 10.2 Å². The molecule has 0 aliphatic rings. The van der Waals surface area contributed by atoms with E-state index in [1.54, 1.807) is 57.4 Å². The zero-order valence-corrected chi connectivity index (χ0v) is 24.1. The molecule has 0 saturated heterocycles. The lowest BCUT2D eigenvalue weighted by molar-refractivity contribution is -0.140. The molecule has 3 aromatic carbocycles. The standard InChI is InChI=1S/C29H34ClN3O5S/c1-5-26(29(35)31-6-2)32(19-22-11-15-24(38-4)16-12-22)28(34)20-33(27-10-8-7-9-21(27)3)39(36,37)25-17-13-23(30)14-18-25/h7-18,26H,5-6,19-20H2,1-4H3,(H,31,35)/t26-/m1/s1. The minimum atomic E-state index is -4.16. The Kier molecular flexibility index (Phi) is 10.4. The summed E-state index contributed by atoms with van der Waals surface area (Å²) < 4.78 is 34.1. The van der Waals surface area contributed by atoms with Crippen molar-refractivity contribution in [2.75, 3.05) is 24.5 Å². The number of hydrogen-bond acceptors (Lipinski definition) is 5. The number of anilines is 1. The van der Waals surface area contributed by atoms with Crippen molar-refractivity contribution in [1.29, 1.82) is 0 Å². The van der Waals surface area contributed by atoms with Crippen molar-refractivity contribution in [3.63, 3.8) is 0 Å².